The lowest BCUT2D eigenvalue weighted by Crippen LogP contribution is -1.95. The van der Waals surface area contributed by atoms with Crippen LogP contribution < -0.4 is 4.74 Å². The smallest absolute Gasteiger partial charge is 0.119 e. The van der Waals surface area contributed by atoms with Crippen LogP contribution in [0, 0.1) is 6.92 Å². The Labute approximate surface area is 115 Å². The van der Waals surface area contributed by atoms with Crippen LogP contribution in [0.15, 0.2) is 46.9 Å². The van der Waals surface area contributed by atoms with Crippen LogP contribution in [0.4, 0.5) is 0 Å². The molecule has 0 saturated heterocycles. The molecule has 3 heteroatoms. The van der Waals surface area contributed by atoms with Crippen molar-refractivity contribution in [1.82, 2.24) is 0 Å². The van der Waals surface area contributed by atoms with Gasteiger partial charge in [-0.25, -0.2) is 0 Å². The average Bonchev–Trinajstić information content (AvgIpc) is 2.33. The highest BCUT2D eigenvalue weighted by atomic mass is 79.9. The van der Waals surface area contributed by atoms with Gasteiger partial charge < -0.3 is 4.74 Å². The number of hydrogen-bond donors (Lipinski definition) is 0. The lowest BCUT2D eigenvalue weighted by Gasteiger charge is -2.07. The summed E-state index contributed by atoms with van der Waals surface area (Å²) in [4.78, 5) is 0. The first kappa shape index (κ1) is 12.5. The number of benzene rings is 2. The second kappa shape index (κ2) is 5.56. The highest BCUT2D eigenvalue weighted by Gasteiger charge is 2.00. The molecule has 2 aromatic rings. The molecule has 0 radical (unpaired) electrons. The van der Waals surface area contributed by atoms with Crippen molar-refractivity contribution in [3.63, 3.8) is 0 Å². The van der Waals surface area contributed by atoms with Crippen molar-refractivity contribution >= 4 is 27.5 Å². The van der Waals surface area contributed by atoms with E-state index in [4.69, 9.17) is 16.3 Å². The molecule has 0 bridgehead atoms. The van der Waals surface area contributed by atoms with E-state index in [1.165, 1.54) is 5.56 Å². The molecule has 2 aromatic carbocycles. The van der Waals surface area contributed by atoms with Crippen molar-refractivity contribution in [3.05, 3.63) is 63.1 Å². The molecule has 1 nitrogen and oxygen atoms in total. The molecule has 0 fully saturated rings. The first-order chi connectivity index (χ1) is 8.15. The monoisotopic (exact) mass is 310 g/mol. The summed E-state index contributed by atoms with van der Waals surface area (Å²) in [6.45, 7) is 2.60. The Kier molecular flexibility index (Phi) is 4.08. The predicted octanol–water partition coefficient (Wildman–Crippen LogP) is 4.99. The quantitative estimate of drug-likeness (QED) is 0.776. The fourth-order valence-electron chi connectivity index (χ4n) is 1.43. The maximum absolute atomic E-state index is 5.93. The minimum absolute atomic E-state index is 0.541. The fourth-order valence-corrected chi connectivity index (χ4v) is 1.97. The molecule has 0 amide bonds. The minimum Gasteiger partial charge on any atom is -0.489 e. The van der Waals surface area contributed by atoms with Gasteiger partial charge in [-0.05, 0) is 52.7 Å². The lowest BCUT2D eigenvalue weighted by atomic mass is 10.2. The second-order valence-corrected chi connectivity index (χ2v) is 5.11. The highest BCUT2D eigenvalue weighted by molar-refractivity contribution is 9.10. The maximum Gasteiger partial charge on any atom is 0.119 e. The molecular weight excluding hydrogens is 300 g/mol. The molecule has 17 heavy (non-hydrogen) atoms. The van der Waals surface area contributed by atoms with Crippen molar-refractivity contribution in [1.29, 1.82) is 0 Å². The van der Waals surface area contributed by atoms with E-state index in [0.29, 0.717) is 11.6 Å². The number of hydrogen-bond acceptors (Lipinski definition) is 1. The van der Waals surface area contributed by atoms with Crippen molar-refractivity contribution in [3.8, 4) is 5.75 Å². The molecule has 0 aliphatic heterocycles. The topological polar surface area (TPSA) is 9.23 Å². The largest absolute Gasteiger partial charge is 0.489 e. The van der Waals surface area contributed by atoms with Crippen LogP contribution in [0.3, 0.4) is 0 Å². The van der Waals surface area contributed by atoms with Crippen LogP contribution in [-0.4, -0.2) is 0 Å². The number of ether oxygens (including phenoxy) is 1. The third-order valence-corrected chi connectivity index (χ3v) is 3.62. The van der Waals surface area contributed by atoms with Gasteiger partial charge in [0.25, 0.3) is 0 Å². The third kappa shape index (κ3) is 3.48. The van der Waals surface area contributed by atoms with E-state index < -0.39 is 0 Å². The Morgan fingerprint density at radius 1 is 1.12 bits per heavy atom. The molecule has 0 saturated carbocycles. The zero-order valence-corrected chi connectivity index (χ0v) is 11.8. The summed E-state index contributed by atoms with van der Waals surface area (Å²) in [7, 11) is 0. The van der Waals surface area contributed by atoms with E-state index in [1.54, 1.807) is 0 Å². The van der Waals surface area contributed by atoms with Gasteiger partial charge in [0.05, 0.1) is 5.02 Å². The SMILES string of the molecule is Cc1ccc(OCc2ccc(Cl)c(Br)c2)cc1. The molecule has 0 aliphatic rings. The van der Waals surface area contributed by atoms with Crippen LogP contribution in [-0.2, 0) is 6.61 Å². The van der Waals surface area contributed by atoms with E-state index in [9.17, 15) is 0 Å². The van der Waals surface area contributed by atoms with E-state index >= 15 is 0 Å². The number of rotatable bonds is 3. The van der Waals surface area contributed by atoms with Gasteiger partial charge in [-0.1, -0.05) is 35.4 Å². The summed E-state index contributed by atoms with van der Waals surface area (Å²) in [5.41, 5.74) is 2.31. The molecule has 0 aromatic heterocycles. The zero-order chi connectivity index (χ0) is 12.3. The van der Waals surface area contributed by atoms with Crippen molar-refractivity contribution in [2.24, 2.45) is 0 Å². The number of aryl methyl sites for hydroxylation is 1. The molecule has 0 N–H and O–H groups in total. The van der Waals surface area contributed by atoms with Gasteiger partial charge in [0.2, 0.25) is 0 Å². The van der Waals surface area contributed by atoms with Crippen LogP contribution >= 0.6 is 27.5 Å². The molecular formula is C14H12BrClO. The van der Waals surface area contributed by atoms with E-state index in [-0.39, 0.29) is 0 Å². The van der Waals surface area contributed by atoms with Gasteiger partial charge in [-0.15, -0.1) is 0 Å². The van der Waals surface area contributed by atoms with Crippen molar-refractivity contribution in [2.45, 2.75) is 13.5 Å². The number of halogens is 2. The first-order valence-electron chi connectivity index (χ1n) is 5.28. The molecule has 88 valence electrons. The van der Waals surface area contributed by atoms with E-state index in [2.05, 4.69) is 22.9 Å². The van der Waals surface area contributed by atoms with E-state index in [0.717, 1.165) is 15.8 Å². The molecule has 0 spiro atoms. The van der Waals surface area contributed by atoms with Gasteiger partial charge >= 0.3 is 0 Å². The first-order valence-corrected chi connectivity index (χ1v) is 6.45. The fraction of sp³-hybridized carbons (Fsp3) is 0.143. The molecule has 0 atom stereocenters. The zero-order valence-electron chi connectivity index (χ0n) is 9.41. The Bertz CT molecular complexity index is 508. The second-order valence-electron chi connectivity index (χ2n) is 3.85. The third-order valence-electron chi connectivity index (χ3n) is 2.41. The van der Waals surface area contributed by atoms with Gasteiger partial charge in [0.1, 0.15) is 12.4 Å². The summed E-state index contributed by atoms with van der Waals surface area (Å²) in [6.07, 6.45) is 0. The lowest BCUT2D eigenvalue weighted by molar-refractivity contribution is 0.306. The normalized spacial score (nSPS) is 10.3. The Morgan fingerprint density at radius 2 is 1.82 bits per heavy atom. The van der Waals surface area contributed by atoms with Gasteiger partial charge in [0, 0.05) is 4.47 Å². The van der Waals surface area contributed by atoms with Crippen LogP contribution in [0.2, 0.25) is 5.02 Å². The maximum atomic E-state index is 5.93. The minimum atomic E-state index is 0.541. The Balaban J connectivity index is 2.02. The Morgan fingerprint density at radius 3 is 2.47 bits per heavy atom. The predicted molar refractivity (Wildman–Crippen MR) is 74.7 cm³/mol. The highest BCUT2D eigenvalue weighted by Crippen LogP contribution is 2.24. The molecule has 0 heterocycles. The van der Waals surface area contributed by atoms with Crippen LogP contribution in [0.1, 0.15) is 11.1 Å². The molecule has 2 rings (SSSR count). The van der Waals surface area contributed by atoms with Gasteiger partial charge in [-0.3, -0.25) is 0 Å². The Hall–Kier alpha value is -0.990. The van der Waals surface area contributed by atoms with Crippen LogP contribution in [0.25, 0.3) is 0 Å². The van der Waals surface area contributed by atoms with Gasteiger partial charge in [0.15, 0.2) is 0 Å². The van der Waals surface area contributed by atoms with E-state index in [1.807, 2.05) is 42.5 Å². The standard InChI is InChI=1S/C14H12BrClO/c1-10-2-5-12(6-3-10)17-9-11-4-7-14(16)13(15)8-11/h2-8H,9H2,1H3. The summed E-state index contributed by atoms with van der Waals surface area (Å²) in [6, 6.07) is 13.8. The summed E-state index contributed by atoms with van der Waals surface area (Å²) in [5, 5.41) is 0.712. The van der Waals surface area contributed by atoms with Crippen LogP contribution in [0.5, 0.6) is 5.75 Å². The van der Waals surface area contributed by atoms with Gasteiger partial charge in [-0.2, -0.15) is 0 Å². The summed E-state index contributed by atoms with van der Waals surface area (Å²) < 4.78 is 6.57. The molecule has 0 unspecified atom stereocenters. The average molecular weight is 312 g/mol. The molecule has 0 aliphatic carbocycles. The van der Waals surface area contributed by atoms with Crippen molar-refractivity contribution < 1.29 is 4.74 Å². The van der Waals surface area contributed by atoms with Crippen molar-refractivity contribution in [2.75, 3.05) is 0 Å². The summed E-state index contributed by atoms with van der Waals surface area (Å²) >= 11 is 9.32. The summed E-state index contributed by atoms with van der Waals surface area (Å²) in [5.74, 6) is 0.877.